The fourth-order valence-electron chi connectivity index (χ4n) is 0.622. The average Bonchev–Trinajstić information content (AvgIpc) is 2.12. The Bertz CT molecular complexity index is 232. The molecule has 1 rings (SSSR count). The molecule has 1 aromatic rings. The monoisotopic (exact) mass is 208 g/mol. The predicted octanol–water partition coefficient (Wildman–Crippen LogP) is 4.47. The van der Waals surface area contributed by atoms with Crippen molar-refractivity contribution in [2.75, 3.05) is 0 Å². The summed E-state index contributed by atoms with van der Waals surface area (Å²) in [6.45, 7) is 5.77. The van der Waals surface area contributed by atoms with Gasteiger partial charge in [-0.2, -0.15) is 0 Å². The van der Waals surface area contributed by atoms with Crippen LogP contribution < -0.4 is 0 Å². The molecule has 0 spiro atoms. The summed E-state index contributed by atoms with van der Waals surface area (Å²) in [4.78, 5) is 0. The van der Waals surface area contributed by atoms with Gasteiger partial charge >= 0.3 is 0 Å². The molecule has 3 heteroatoms. The Morgan fingerprint density at radius 2 is 1.58 bits per heavy atom. The maximum Gasteiger partial charge on any atom is 0.143 e. The van der Waals surface area contributed by atoms with Crippen LogP contribution >= 0.6 is 23.2 Å². The van der Waals surface area contributed by atoms with Gasteiger partial charge in [0.2, 0.25) is 0 Å². The van der Waals surface area contributed by atoms with Crippen LogP contribution in [0.5, 0.6) is 0 Å². The van der Waals surface area contributed by atoms with Crippen LogP contribution in [0.1, 0.15) is 19.4 Å². The fourth-order valence-corrected chi connectivity index (χ4v) is 0.988. The Labute approximate surface area is 82.3 Å². The minimum Gasteiger partial charge on any atom is -0.205 e. The van der Waals surface area contributed by atoms with E-state index >= 15 is 0 Å². The lowest BCUT2D eigenvalue weighted by Gasteiger charge is -1.99. The zero-order valence-corrected chi connectivity index (χ0v) is 8.80. The molecule has 0 saturated carbocycles. The summed E-state index contributed by atoms with van der Waals surface area (Å²) in [5.74, 6) is -0.475. The summed E-state index contributed by atoms with van der Waals surface area (Å²) >= 11 is 11.1. The minimum absolute atomic E-state index is 0.00154. The Hall–Kier alpha value is -0.270. The van der Waals surface area contributed by atoms with Crippen molar-refractivity contribution in [2.45, 2.75) is 20.8 Å². The van der Waals surface area contributed by atoms with E-state index < -0.39 is 5.82 Å². The molecule has 0 radical (unpaired) electrons. The van der Waals surface area contributed by atoms with Crippen LogP contribution in [0.25, 0.3) is 0 Å². The van der Waals surface area contributed by atoms with Gasteiger partial charge < -0.3 is 0 Å². The zero-order valence-electron chi connectivity index (χ0n) is 7.29. The molecule has 0 aliphatic rings. The highest BCUT2D eigenvalue weighted by Crippen LogP contribution is 2.27. The summed E-state index contributed by atoms with van der Waals surface area (Å²) < 4.78 is 12.5. The van der Waals surface area contributed by atoms with E-state index in [1.54, 1.807) is 13.0 Å². The zero-order chi connectivity index (χ0) is 9.72. The van der Waals surface area contributed by atoms with Gasteiger partial charge in [0.15, 0.2) is 0 Å². The molecule has 0 unspecified atom stereocenters. The first kappa shape index (κ1) is 11.7. The minimum atomic E-state index is -0.475. The maximum absolute atomic E-state index is 12.5. The van der Waals surface area contributed by atoms with E-state index in [9.17, 15) is 4.39 Å². The third-order valence-corrected chi connectivity index (χ3v) is 2.18. The van der Waals surface area contributed by atoms with Crippen molar-refractivity contribution in [3.05, 3.63) is 33.6 Å². The molecule has 12 heavy (non-hydrogen) atoms. The van der Waals surface area contributed by atoms with Crippen LogP contribution in [-0.4, -0.2) is 0 Å². The lowest BCUT2D eigenvalue weighted by molar-refractivity contribution is 0.628. The molecule has 68 valence electrons. The van der Waals surface area contributed by atoms with Crippen LogP contribution in [0.15, 0.2) is 12.1 Å². The predicted molar refractivity (Wildman–Crippen MR) is 52.5 cm³/mol. The van der Waals surface area contributed by atoms with Crippen molar-refractivity contribution < 1.29 is 4.39 Å². The van der Waals surface area contributed by atoms with E-state index in [0.29, 0.717) is 5.02 Å². The summed E-state index contributed by atoms with van der Waals surface area (Å²) in [6.07, 6.45) is 0. The van der Waals surface area contributed by atoms with E-state index in [-0.39, 0.29) is 5.02 Å². The van der Waals surface area contributed by atoms with Crippen molar-refractivity contribution >= 4 is 23.2 Å². The smallest absolute Gasteiger partial charge is 0.143 e. The number of rotatable bonds is 0. The number of hydrogen-bond donors (Lipinski definition) is 0. The van der Waals surface area contributed by atoms with Gasteiger partial charge in [-0.15, -0.1) is 0 Å². The van der Waals surface area contributed by atoms with Crippen LogP contribution in [0.2, 0.25) is 10.0 Å². The van der Waals surface area contributed by atoms with Gasteiger partial charge in [0.25, 0.3) is 0 Å². The highest BCUT2D eigenvalue weighted by atomic mass is 35.5. The van der Waals surface area contributed by atoms with E-state index in [4.69, 9.17) is 23.2 Å². The van der Waals surface area contributed by atoms with Gasteiger partial charge in [0.05, 0.1) is 10.0 Å². The summed E-state index contributed by atoms with van der Waals surface area (Å²) in [6, 6.07) is 2.88. The summed E-state index contributed by atoms with van der Waals surface area (Å²) in [5, 5.41) is 0.295. The first-order valence-corrected chi connectivity index (χ1v) is 4.48. The molecular formula is C9H11Cl2F. The van der Waals surface area contributed by atoms with Crippen LogP contribution in [0.4, 0.5) is 4.39 Å². The maximum atomic E-state index is 12.5. The van der Waals surface area contributed by atoms with Gasteiger partial charge in [-0.05, 0) is 18.6 Å². The van der Waals surface area contributed by atoms with Crippen molar-refractivity contribution in [3.8, 4) is 0 Å². The van der Waals surface area contributed by atoms with Gasteiger partial charge in [-0.25, -0.2) is 4.39 Å². The molecule has 0 atom stereocenters. The van der Waals surface area contributed by atoms with E-state index in [0.717, 1.165) is 5.56 Å². The van der Waals surface area contributed by atoms with Gasteiger partial charge in [-0.1, -0.05) is 43.1 Å². The third-order valence-electron chi connectivity index (χ3n) is 1.23. The Balaban J connectivity index is 0.000000561. The number of hydrogen-bond acceptors (Lipinski definition) is 0. The molecule has 0 bridgehead atoms. The second-order valence-corrected chi connectivity index (χ2v) is 2.75. The Morgan fingerprint density at radius 1 is 1.08 bits per heavy atom. The van der Waals surface area contributed by atoms with E-state index in [2.05, 4.69) is 0 Å². The molecule has 0 heterocycles. The van der Waals surface area contributed by atoms with E-state index in [1.807, 2.05) is 13.8 Å². The molecule has 0 aromatic heterocycles. The second kappa shape index (κ2) is 5.39. The topological polar surface area (TPSA) is 0 Å². The molecule has 0 amide bonds. The van der Waals surface area contributed by atoms with Gasteiger partial charge in [0, 0.05) is 0 Å². The molecule has 0 aliphatic heterocycles. The summed E-state index contributed by atoms with van der Waals surface area (Å²) in [5.41, 5.74) is 0.785. The molecule has 0 aliphatic carbocycles. The molecular weight excluding hydrogens is 198 g/mol. The molecule has 1 aromatic carbocycles. The highest BCUT2D eigenvalue weighted by Gasteiger charge is 2.05. The first-order valence-electron chi connectivity index (χ1n) is 3.73. The number of halogens is 3. The average molecular weight is 209 g/mol. The highest BCUT2D eigenvalue weighted by molar-refractivity contribution is 6.42. The Kier molecular flexibility index (Phi) is 5.27. The normalized spacial score (nSPS) is 8.83. The first-order chi connectivity index (χ1) is 5.63. The van der Waals surface area contributed by atoms with Crippen LogP contribution in [0, 0.1) is 12.7 Å². The van der Waals surface area contributed by atoms with Crippen molar-refractivity contribution in [1.82, 2.24) is 0 Å². The number of benzene rings is 1. The lowest BCUT2D eigenvalue weighted by Crippen LogP contribution is -1.80. The molecule has 0 nitrogen and oxygen atoms in total. The van der Waals surface area contributed by atoms with Crippen molar-refractivity contribution in [2.24, 2.45) is 0 Å². The quantitative estimate of drug-likeness (QED) is 0.553. The molecule has 0 fully saturated rings. The third kappa shape index (κ3) is 2.65. The molecule has 0 N–H and O–H groups in total. The standard InChI is InChI=1S/C7H5Cl2F.C2H6/c1-4-2-3-5(10)7(9)6(4)8;1-2/h2-3H,1H3;1-2H3. The lowest BCUT2D eigenvalue weighted by atomic mass is 10.2. The second-order valence-electron chi connectivity index (χ2n) is 1.99. The summed E-state index contributed by atoms with van der Waals surface area (Å²) in [7, 11) is 0. The van der Waals surface area contributed by atoms with E-state index in [1.165, 1.54) is 6.07 Å². The largest absolute Gasteiger partial charge is 0.205 e. The number of aryl methyl sites for hydroxylation is 1. The fraction of sp³-hybridized carbons (Fsp3) is 0.333. The SMILES string of the molecule is CC.Cc1ccc(F)c(Cl)c1Cl. The molecule has 0 saturated heterocycles. The van der Waals surface area contributed by atoms with Crippen molar-refractivity contribution in [3.63, 3.8) is 0 Å². The van der Waals surface area contributed by atoms with Gasteiger partial charge in [-0.3, -0.25) is 0 Å². The van der Waals surface area contributed by atoms with Crippen LogP contribution in [-0.2, 0) is 0 Å². The Morgan fingerprint density at radius 3 is 2.00 bits per heavy atom. The van der Waals surface area contributed by atoms with Gasteiger partial charge in [0.1, 0.15) is 5.82 Å². The van der Waals surface area contributed by atoms with Crippen LogP contribution in [0.3, 0.4) is 0 Å². The van der Waals surface area contributed by atoms with Crippen molar-refractivity contribution in [1.29, 1.82) is 0 Å².